The lowest BCUT2D eigenvalue weighted by atomic mass is 10.1. The molecule has 1 aromatic rings. The Labute approximate surface area is 173 Å². The van der Waals surface area contributed by atoms with E-state index in [9.17, 15) is 4.79 Å². The van der Waals surface area contributed by atoms with Gasteiger partial charge < -0.3 is 20.3 Å². The van der Waals surface area contributed by atoms with E-state index in [4.69, 9.17) is 10.5 Å². The van der Waals surface area contributed by atoms with Crippen molar-refractivity contribution in [3.8, 4) is 5.88 Å². The molecule has 0 radical (unpaired) electrons. The fourth-order valence-electron chi connectivity index (χ4n) is 4.09. The number of piperazine rings is 1. The predicted octanol–water partition coefficient (Wildman–Crippen LogP) is 1.11. The summed E-state index contributed by atoms with van der Waals surface area (Å²) in [5, 5.41) is 0. The molecule has 8 nitrogen and oxygen atoms in total. The highest BCUT2D eigenvalue weighted by Gasteiger charge is 2.28. The van der Waals surface area contributed by atoms with Crippen LogP contribution in [-0.2, 0) is 4.79 Å². The van der Waals surface area contributed by atoms with Crippen LogP contribution in [0.2, 0.25) is 0 Å². The fourth-order valence-corrected chi connectivity index (χ4v) is 4.09. The standard InChI is InChI=1S/C21H32N6O2/c1-5-20(28)27-11-9-26(10-12-27)16-13-17(21(22)23-3)24-19(14-16)29-15(2)18-7-6-8-25(18)4/h5,13-15,18H,1,6-12H2,2-4H3,(H2,22,23)/t15-,18-/m0/s1. The van der Waals surface area contributed by atoms with Crippen LogP contribution in [0.15, 0.2) is 29.8 Å². The fraction of sp³-hybridized carbons (Fsp3) is 0.571. The zero-order valence-electron chi connectivity index (χ0n) is 17.7. The monoisotopic (exact) mass is 400 g/mol. The zero-order chi connectivity index (χ0) is 21.0. The van der Waals surface area contributed by atoms with E-state index in [0.29, 0.717) is 36.5 Å². The number of nitrogens with two attached hydrogens (primary N) is 1. The molecule has 0 saturated carbocycles. The maximum absolute atomic E-state index is 11.8. The van der Waals surface area contributed by atoms with Gasteiger partial charge in [0, 0.05) is 51.0 Å². The number of amides is 1. The highest BCUT2D eigenvalue weighted by atomic mass is 16.5. The number of aliphatic imine (C=N–C) groups is 1. The topological polar surface area (TPSA) is 87.3 Å². The molecule has 2 saturated heterocycles. The van der Waals surface area contributed by atoms with Crippen molar-refractivity contribution in [1.29, 1.82) is 0 Å². The number of likely N-dealkylation sites (tertiary alicyclic amines) is 1. The Balaban J connectivity index is 1.79. The van der Waals surface area contributed by atoms with Gasteiger partial charge in [-0.1, -0.05) is 6.58 Å². The highest BCUT2D eigenvalue weighted by molar-refractivity contribution is 5.96. The summed E-state index contributed by atoms with van der Waals surface area (Å²) in [6, 6.07) is 4.28. The largest absolute Gasteiger partial charge is 0.473 e. The van der Waals surface area contributed by atoms with Crippen molar-refractivity contribution in [2.75, 3.05) is 51.7 Å². The van der Waals surface area contributed by atoms with Gasteiger partial charge in [0.2, 0.25) is 11.8 Å². The molecule has 3 rings (SSSR count). The quantitative estimate of drug-likeness (QED) is 0.437. The van der Waals surface area contributed by atoms with Gasteiger partial charge in [0.05, 0.1) is 0 Å². The molecule has 2 atom stereocenters. The summed E-state index contributed by atoms with van der Waals surface area (Å²) < 4.78 is 6.24. The van der Waals surface area contributed by atoms with Gasteiger partial charge in [0.1, 0.15) is 17.6 Å². The number of carbonyl (C=O) groups excluding carboxylic acids is 1. The third kappa shape index (κ3) is 4.87. The molecule has 8 heteroatoms. The number of anilines is 1. The van der Waals surface area contributed by atoms with Gasteiger partial charge >= 0.3 is 0 Å². The molecule has 158 valence electrons. The second-order valence-corrected chi connectivity index (χ2v) is 7.69. The maximum Gasteiger partial charge on any atom is 0.246 e. The summed E-state index contributed by atoms with van der Waals surface area (Å²) in [4.78, 5) is 26.9. The Morgan fingerprint density at radius 2 is 2.07 bits per heavy atom. The van der Waals surface area contributed by atoms with Crippen molar-refractivity contribution in [3.05, 3.63) is 30.5 Å². The number of hydrogen-bond donors (Lipinski definition) is 1. The van der Waals surface area contributed by atoms with Crippen LogP contribution in [-0.4, -0.2) is 85.5 Å². The Morgan fingerprint density at radius 3 is 2.66 bits per heavy atom. The van der Waals surface area contributed by atoms with Crippen LogP contribution in [0, 0.1) is 0 Å². The van der Waals surface area contributed by atoms with Crippen molar-refractivity contribution >= 4 is 17.4 Å². The van der Waals surface area contributed by atoms with Crippen molar-refractivity contribution in [3.63, 3.8) is 0 Å². The Bertz CT molecular complexity index is 772. The average Bonchev–Trinajstić information content (AvgIpc) is 3.18. The van der Waals surface area contributed by atoms with Gasteiger partial charge in [-0.2, -0.15) is 0 Å². The summed E-state index contributed by atoms with van der Waals surface area (Å²) in [5.74, 6) is 0.908. The molecule has 2 aliphatic rings. The lowest BCUT2D eigenvalue weighted by Gasteiger charge is -2.36. The number of hydrogen-bond acceptors (Lipinski definition) is 6. The average molecular weight is 401 g/mol. The molecule has 3 heterocycles. The number of rotatable bonds is 6. The number of carbonyl (C=O) groups is 1. The highest BCUT2D eigenvalue weighted by Crippen LogP contribution is 2.26. The van der Waals surface area contributed by atoms with Gasteiger partial charge in [-0.3, -0.25) is 14.7 Å². The molecule has 29 heavy (non-hydrogen) atoms. The van der Waals surface area contributed by atoms with E-state index < -0.39 is 0 Å². The summed E-state index contributed by atoms with van der Waals surface area (Å²) in [5.41, 5.74) is 7.65. The number of nitrogens with zero attached hydrogens (tertiary/aromatic N) is 5. The van der Waals surface area contributed by atoms with Crippen LogP contribution in [0.25, 0.3) is 0 Å². The third-order valence-corrected chi connectivity index (χ3v) is 5.85. The lowest BCUT2D eigenvalue weighted by Crippen LogP contribution is -2.48. The first-order valence-electron chi connectivity index (χ1n) is 10.2. The minimum atomic E-state index is -0.0269. The zero-order valence-corrected chi connectivity index (χ0v) is 17.7. The van der Waals surface area contributed by atoms with Gasteiger partial charge in [-0.05, 0) is 45.5 Å². The molecule has 0 bridgehead atoms. The summed E-state index contributed by atoms with van der Waals surface area (Å²) in [6.45, 7) is 9.52. The second-order valence-electron chi connectivity index (χ2n) is 7.69. The molecule has 0 unspecified atom stereocenters. The molecule has 0 aromatic carbocycles. The maximum atomic E-state index is 11.8. The number of ether oxygens (including phenoxy) is 1. The first kappa shape index (κ1) is 21.1. The number of amidine groups is 1. The second kappa shape index (κ2) is 9.26. The van der Waals surface area contributed by atoms with Crippen molar-refractivity contribution in [2.45, 2.75) is 31.9 Å². The summed E-state index contributed by atoms with van der Waals surface area (Å²) >= 11 is 0. The number of likely N-dealkylation sites (N-methyl/N-ethyl adjacent to an activating group) is 1. The molecule has 1 aromatic heterocycles. The summed E-state index contributed by atoms with van der Waals surface area (Å²) in [6.07, 6.45) is 3.71. The Morgan fingerprint density at radius 1 is 1.34 bits per heavy atom. The van der Waals surface area contributed by atoms with E-state index in [-0.39, 0.29) is 12.0 Å². The van der Waals surface area contributed by atoms with Crippen LogP contribution in [0.1, 0.15) is 25.5 Å². The van der Waals surface area contributed by atoms with E-state index in [1.807, 2.05) is 17.0 Å². The van der Waals surface area contributed by atoms with Gasteiger partial charge in [-0.15, -0.1) is 0 Å². The van der Waals surface area contributed by atoms with E-state index >= 15 is 0 Å². The predicted molar refractivity (Wildman–Crippen MR) is 116 cm³/mol. The smallest absolute Gasteiger partial charge is 0.246 e. The molecule has 2 N–H and O–H groups in total. The van der Waals surface area contributed by atoms with Gasteiger partial charge in [-0.25, -0.2) is 4.98 Å². The van der Waals surface area contributed by atoms with Crippen LogP contribution in [0.3, 0.4) is 0 Å². The first-order valence-corrected chi connectivity index (χ1v) is 10.2. The SMILES string of the molecule is C=CC(=O)N1CCN(c2cc(O[C@@H](C)[C@@H]3CCCN3C)nc(C(N)=NC)c2)CC1. The molecule has 0 spiro atoms. The third-order valence-electron chi connectivity index (χ3n) is 5.85. The van der Waals surface area contributed by atoms with E-state index in [0.717, 1.165) is 31.7 Å². The molecule has 0 aliphatic carbocycles. The number of pyridine rings is 1. The van der Waals surface area contributed by atoms with Crippen LogP contribution in [0.4, 0.5) is 5.69 Å². The van der Waals surface area contributed by atoms with Crippen molar-refractivity contribution in [2.24, 2.45) is 10.7 Å². The van der Waals surface area contributed by atoms with Gasteiger partial charge in [0.15, 0.2) is 0 Å². The molecular weight excluding hydrogens is 368 g/mol. The Kier molecular flexibility index (Phi) is 6.74. The minimum absolute atomic E-state index is 0.0269. The molecule has 2 fully saturated rings. The normalized spacial score (nSPS) is 21.9. The van der Waals surface area contributed by atoms with E-state index in [1.54, 1.807) is 7.05 Å². The molecular formula is C21H32N6O2. The van der Waals surface area contributed by atoms with Crippen LogP contribution >= 0.6 is 0 Å². The molecule has 2 aliphatic heterocycles. The van der Waals surface area contributed by atoms with Crippen LogP contribution in [0.5, 0.6) is 5.88 Å². The molecule has 1 amide bonds. The number of aromatic nitrogens is 1. The first-order chi connectivity index (χ1) is 13.9. The van der Waals surface area contributed by atoms with Crippen molar-refractivity contribution in [1.82, 2.24) is 14.8 Å². The van der Waals surface area contributed by atoms with E-state index in [1.165, 1.54) is 12.5 Å². The lowest BCUT2D eigenvalue weighted by molar-refractivity contribution is -0.126. The van der Waals surface area contributed by atoms with E-state index in [2.05, 4.69) is 40.3 Å². The van der Waals surface area contributed by atoms with Crippen LogP contribution < -0.4 is 15.4 Å². The van der Waals surface area contributed by atoms with Crippen molar-refractivity contribution < 1.29 is 9.53 Å². The summed E-state index contributed by atoms with van der Waals surface area (Å²) in [7, 11) is 3.79. The minimum Gasteiger partial charge on any atom is -0.473 e. The van der Waals surface area contributed by atoms with Gasteiger partial charge in [0.25, 0.3) is 0 Å². The Hall–Kier alpha value is -2.61.